The zero-order valence-electron chi connectivity index (χ0n) is 10.8. The van der Waals surface area contributed by atoms with Gasteiger partial charge in [0.2, 0.25) is 6.29 Å². The summed E-state index contributed by atoms with van der Waals surface area (Å²) in [7, 11) is -0.430. The minimum atomic E-state index is -0.689. The van der Waals surface area contributed by atoms with Crippen molar-refractivity contribution < 1.29 is 23.6 Å². The van der Waals surface area contributed by atoms with E-state index in [-0.39, 0.29) is 24.3 Å². The summed E-state index contributed by atoms with van der Waals surface area (Å²) in [6.07, 6.45) is -1.44. The van der Waals surface area contributed by atoms with Gasteiger partial charge in [-0.25, -0.2) is 0 Å². The average Bonchev–Trinajstić information content (AvgIpc) is 2.93. The molecule has 2 heterocycles. The van der Waals surface area contributed by atoms with Crippen LogP contribution in [0.25, 0.3) is 0 Å². The fourth-order valence-corrected chi connectivity index (χ4v) is 2.46. The fraction of sp³-hybridized carbons (Fsp3) is 0.462. The number of carbonyl (C=O) groups excluding carboxylic acids is 1. The zero-order valence-corrected chi connectivity index (χ0v) is 10.8. The second-order valence-electron chi connectivity index (χ2n) is 4.76. The summed E-state index contributed by atoms with van der Waals surface area (Å²) in [4.78, 5) is 11.0. The Labute approximate surface area is 111 Å². The molecule has 6 heteroatoms. The number of benzene rings is 1. The molecular weight excluding hydrogens is 247 g/mol. The maximum atomic E-state index is 11.0. The highest BCUT2D eigenvalue weighted by Crippen LogP contribution is 2.32. The Morgan fingerprint density at radius 1 is 1.21 bits per heavy atom. The van der Waals surface area contributed by atoms with Gasteiger partial charge in [0.05, 0.1) is 12.2 Å². The molecule has 0 aromatic heterocycles. The lowest BCUT2D eigenvalue weighted by Crippen LogP contribution is -2.36. The van der Waals surface area contributed by atoms with Crippen molar-refractivity contribution in [2.24, 2.45) is 0 Å². The highest BCUT2D eigenvalue weighted by Gasteiger charge is 2.54. The third-order valence-electron chi connectivity index (χ3n) is 3.32. The molecule has 0 N–H and O–H groups in total. The van der Waals surface area contributed by atoms with Gasteiger partial charge in [-0.2, -0.15) is 0 Å². The number of fused-ring (bicyclic) bond motifs is 1. The number of carbonyl (C=O) groups is 1. The summed E-state index contributed by atoms with van der Waals surface area (Å²) in [6, 6.07) is 9.68. The molecule has 2 fully saturated rings. The first-order valence-corrected chi connectivity index (χ1v) is 6.33. The minimum absolute atomic E-state index is 0.164. The summed E-state index contributed by atoms with van der Waals surface area (Å²) >= 11 is 0. The van der Waals surface area contributed by atoms with Crippen LogP contribution in [0.1, 0.15) is 13.8 Å². The summed E-state index contributed by atoms with van der Waals surface area (Å²) < 4.78 is 22.3. The minimum Gasteiger partial charge on any atom is -0.433 e. The van der Waals surface area contributed by atoms with Crippen LogP contribution >= 0.6 is 0 Å². The van der Waals surface area contributed by atoms with Crippen LogP contribution in [-0.4, -0.2) is 37.7 Å². The molecule has 2 saturated heterocycles. The molecule has 0 aliphatic carbocycles. The molecule has 1 aromatic carbocycles. The Kier molecular flexibility index (Phi) is 3.30. The molecule has 0 saturated carbocycles. The highest BCUT2D eigenvalue weighted by atomic mass is 16.8. The van der Waals surface area contributed by atoms with Crippen LogP contribution in [0.15, 0.2) is 30.3 Å². The Morgan fingerprint density at radius 3 is 2.58 bits per heavy atom. The van der Waals surface area contributed by atoms with Gasteiger partial charge in [0.1, 0.15) is 6.10 Å². The normalized spacial score (nSPS) is 33.3. The second kappa shape index (κ2) is 4.96. The van der Waals surface area contributed by atoms with Crippen LogP contribution < -0.4 is 5.46 Å². The molecule has 4 unspecified atom stereocenters. The van der Waals surface area contributed by atoms with E-state index in [2.05, 4.69) is 0 Å². The number of ether oxygens (including phenoxy) is 2. The largest absolute Gasteiger partial charge is 0.494 e. The van der Waals surface area contributed by atoms with E-state index in [0.717, 1.165) is 5.46 Å². The van der Waals surface area contributed by atoms with Gasteiger partial charge in [-0.05, 0) is 12.4 Å². The van der Waals surface area contributed by atoms with Gasteiger partial charge in [0.25, 0.3) is 0 Å². The third-order valence-corrected chi connectivity index (χ3v) is 3.32. The Bertz CT molecular complexity index is 465. The Balaban J connectivity index is 1.75. The van der Waals surface area contributed by atoms with Gasteiger partial charge in [0, 0.05) is 6.92 Å². The van der Waals surface area contributed by atoms with E-state index < -0.39 is 13.4 Å². The van der Waals surface area contributed by atoms with E-state index in [1.54, 1.807) is 0 Å². The lowest BCUT2D eigenvalue weighted by atomic mass is 9.79. The van der Waals surface area contributed by atoms with E-state index in [4.69, 9.17) is 18.8 Å². The topological polar surface area (TPSA) is 54.0 Å². The molecule has 19 heavy (non-hydrogen) atoms. The predicted octanol–water partition coefficient (Wildman–Crippen LogP) is 0.474. The fourth-order valence-electron chi connectivity index (χ4n) is 2.46. The van der Waals surface area contributed by atoms with Crippen LogP contribution in [0.5, 0.6) is 0 Å². The quantitative estimate of drug-likeness (QED) is 0.573. The summed E-state index contributed by atoms with van der Waals surface area (Å²) in [5.74, 6) is -0.385. The molecule has 0 bridgehead atoms. The number of esters is 1. The molecule has 3 rings (SSSR count). The molecule has 0 spiro atoms. The molecule has 0 amide bonds. The van der Waals surface area contributed by atoms with Gasteiger partial charge < -0.3 is 18.8 Å². The van der Waals surface area contributed by atoms with Crippen molar-refractivity contribution in [3.05, 3.63) is 30.3 Å². The molecule has 4 atom stereocenters. The summed E-state index contributed by atoms with van der Waals surface area (Å²) in [6.45, 7) is 3.24. The van der Waals surface area contributed by atoms with Gasteiger partial charge >= 0.3 is 13.1 Å². The summed E-state index contributed by atoms with van der Waals surface area (Å²) in [5.41, 5.74) is 0.950. The molecule has 5 nitrogen and oxygen atoms in total. The van der Waals surface area contributed by atoms with Crippen LogP contribution in [0.2, 0.25) is 0 Å². The van der Waals surface area contributed by atoms with E-state index in [9.17, 15) is 4.79 Å². The molecular formula is C13H15BO5. The molecule has 0 radical (unpaired) electrons. The SMILES string of the molecule is CC(=O)OC1OC(C)C2OB(c3ccccc3)OC12. The maximum Gasteiger partial charge on any atom is 0.494 e. The zero-order chi connectivity index (χ0) is 13.4. The lowest BCUT2D eigenvalue weighted by Gasteiger charge is -2.17. The van der Waals surface area contributed by atoms with Crippen molar-refractivity contribution in [3.63, 3.8) is 0 Å². The molecule has 1 aromatic rings. The van der Waals surface area contributed by atoms with Crippen molar-refractivity contribution in [1.82, 2.24) is 0 Å². The van der Waals surface area contributed by atoms with Crippen molar-refractivity contribution in [1.29, 1.82) is 0 Å². The van der Waals surface area contributed by atoms with E-state index in [1.165, 1.54) is 6.92 Å². The number of rotatable bonds is 2. The Morgan fingerprint density at radius 2 is 1.89 bits per heavy atom. The second-order valence-corrected chi connectivity index (χ2v) is 4.76. The highest BCUT2D eigenvalue weighted by molar-refractivity contribution is 6.61. The van der Waals surface area contributed by atoms with Gasteiger partial charge in [0.15, 0.2) is 0 Å². The first-order chi connectivity index (χ1) is 9.15. The van der Waals surface area contributed by atoms with Crippen molar-refractivity contribution in [3.8, 4) is 0 Å². The van der Waals surface area contributed by atoms with Crippen LogP contribution in [0, 0.1) is 0 Å². The first-order valence-electron chi connectivity index (χ1n) is 6.33. The molecule has 2 aliphatic rings. The predicted molar refractivity (Wildman–Crippen MR) is 67.7 cm³/mol. The van der Waals surface area contributed by atoms with Crippen LogP contribution in [0.3, 0.4) is 0 Å². The monoisotopic (exact) mass is 262 g/mol. The lowest BCUT2D eigenvalue weighted by molar-refractivity contribution is -0.182. The van der Waals surface area contributed by atoms with E-state index in [0.29, 0.717) is 0 Å². The third kappa shape index (κ3) is 2.39. The standard InChI is InChI=1S/C13H15BO5/c1-8-11-12(13(16-8)17-9(2)15)19-14(18-11)10-6-4-3-5-7-10/h3-8,11-13H,1-2H3. The van der Waals surface area contributed by atoms with Gasteiger partial charge in [-0.3, -0.25) is 4.79 Å². The van der Waals surface area contributed by atoms with Crippen LogP contribution in [0.4, 0.5) is 0 Å². The number of hydrogen-bond acceptors (Lipinski definition) is 5. The smallest absolute Gasteiger partial charge is 0.433 e. The molecule has 100 valence electrons. The van der Waals surface area contributed by atoms with Crippen molar-refractivity contribution in [2.75, 3.05) is 0 Å². The van der Waals surface area contributed by atoms with Crippen molar-refractivity contribution >= 4 is 18.6 Å². The summed E-state index contributed by atoms with van der Waals surface area (Å²) in [5, 5.41) is 0. The number of hydrogen-bond donors (Lipinski definition) is 0. The van der Waals surface area contributed by atoms with Crippen molar-refractivity contribution in [2.45, 2.75) is 38.4 Å². The van der Waals surface area contributed by atoms with Crippen LogP contribution in [-0.2, 0) is 23.6 Å². The average molecular weight is 262 g/mol. The Hall–Kier alpha value is -1.37. The van der Waals surface area contributed by atoms with E-state index in [1.807, 2.05) is 37.3 Å². The van der Waals surface area contributed by atoms with Gasteiger partial charge in [-0.1, -0.05) is 30.3 Å². The maximum absolute atomic E-state index is 11.0. The first kappa shape index (κ1) is 12.7. The van der Waals surface area contributed by atoms with E-state index >= 15 is 0 Å². The molecule has 2 aliphatic heterocycles. The van der Waals surface area contributed by atoms with Gasteiger partial charge in [-0.15, -0.1) is 0 Å².